The Morgan fingerprint density at radius 2 is 0.676 bits per heavy atom. The molecule has 0 saturated heterocycles. The largest absolute Gasteiger partial charge is 0.378 e. The van der Waals surface area contributed by atoms with Gasteiger partial charge in [0.15, 0.2) is 0 Å². The van der Waals surface area contributed by atoms with Crippen molar-refractivity contribution in [2.24, 2.45) is 0 Å². The maximum absolute atomic E-state index is 8.74. The van der Waals surface area contributed by atoms with Crippen LogP contribution in [-0.2, 0) is 0 Å². The zero-order chi connectivity index (χ0) is 26.4. The SMILES string of the molecule is CN(C)c1ccc(C#CC#CC#CC#CC#CC#CC#CC#CC#CC#Cc2ccc(C#N)cc2)cc1. The van der Waals surface area contributed by atoms with Gasteiger partial charge in [-0.25, -0.2) is 0 Å². The topological polar surface area (TPSA) is 27.0 Å². The summed E-state index contributed by atoms with van der Waals surface area (Å²) >= 11 is 0. The molecular formula is C35H14N2. The first-order valence-electron chi connectivity index (χ1n) is 10.5. The summed E-state index contributed by atoms with van der Waals surface area (Å²) in [7, 11) is 3.97. The Labute approximate surface area is 219 Å². The molecule has 0 amide bonds. The van der Waals surface area contributed by atoms with E-state index in [0.717, 1.165) is 16.8 Å². The third-order valence-electron chi connectivity index (χ3n) is 3.87. The number of nitrogens with zero attached hydrogens (tertiary/aromatic N) is 2. The third kappa shape index (κ3) is 12.2. The highest BCUT2D eigenvalue weighted by atomic mass is 15.1. The van der Waals surface area contributed by atoms with Crippen molar-refractivity contribution in [1.29, 1.82) is 5.26 Å². The van der Waals surface area contributed by atoms with Gasteiger partial charge in [-0.3, -0.25) is 0 Å². The van der Waals surface area contributed by atoms with Crippen LogP contribution in [0, 0.1) is 130 Å². The van der Waals surface area contributed by atoms with Gasteiger partial charge in [0, 0.05) is 42.8 Å². The van der Waals surface area contributed by atoms with E-state index in [1.54, 1.807) is 24.3 Å². The van der Waals surface area contributed by atoms with Crippen LogP contribution in [0.4, 0.5) is 5.69 Å². The first-order chi connectivity index (χ1) is 18.2. The normalized spacial score (nSPS) is 6.62. The second-order valence-electron chi connectivity index (χ2n) is 6.63. The number of hydrogen-bond donors (Lipinski definition) is 0. The monoisotopic (exact) mass is 462 g/mol. The number of hydrogen-bond acceptors (Lipinski definition) is 2. The standard InChI is InChI=1S/C35H14N2/c1-37(2)35-29-27-33(28-30-35)22-20-18-16-14-12-10-8-6-4-3-5-7-9-11-13-15-17-19-21-32-23-25-34(31-36)26-24-32/h23-30H,1-2H3. The zero-order valence-electron chi connectivity index (χ0n) is 20.0. The fourth-order valence-electron chi connectivity index (χ4n) is 2.18. The van der Waals surface area contributed by atoms with Crippen molar-refractivity contribution in [3.05, 3.63) is 65.2 Å². The molecule has 0 aliphatic heterocycles. The van der Waals surface area contributed by atoms with Gasteiger partial charge >= 0.3 is 0 Å². The fourth-order valence-corrected chi connectivity index (χ4v) is 2.18. The quantitative estimate of drug-likeness (QED) is 0.610. The predicted octanol–water partition coefficient (Wildman–Crippen LogP) is 3.05. The lowest BCUT2D eigenvalue weighted by Crippen LogP contribution is -2.07. The minimum atomic E-state index is 0.583. The van der Waals surface area contributed by atoms with Crippen molar-refractivity contribution in [2.45, 2.75) is 0 Å². The van der Waals surface area contributed by atoms with Gasteiger partial charge in [-0.15, -0.1) is 0 Å². The summed E-state index contributed by atoms with van der Waals surface area (Å²) in [5.74, 6) is 52.3. The smallest absolute Gasteiger partial charge is 0.0991 e. The zero-order valence-corrected chi connectivity index (χ0v) is 20.0. The Kier molecular flexibility index (Phi) is 12.1. The number of rotatable bonds is 1. The summed E-state index contributed by atoms with van der Waals surface area (Å²) in [6.45, 7) is 0. The van der Waals surface area contributed by atoms with Crippen molar-refractivity contribution in [1.82, 2.24) is 0 Å². The molecule has 2 aromatic rings. The Bertz CT molecular complexity index is 1830. The van der Waals surface area contributed by atoms with E-state index in [9.17, 15) is 0 Å². The van der Waals surface area contributed by atoms with Gasteiger partial charge in [0.2, 0.25) is 0 Å². The highest BCUT2D eigenvalue weighted by molar-refractivity contribution is 5.52. The van der Waals surface area contributed by atoms with Gasteiger partial charge in [-0.2, -0.15) is 5.26 Å². The van der Waals surface area contributed by atoms with Crippen LogP contribution >= 0.6 is 0 Å². The molecule has 0 saturated carbocycles. The van der Waals surface area contributed by atoms with E-state index in [2.05, 4.69) is 118 Å². The van der Waals surface area contributed by atoms with E-state index in [-0.39, 0.29) is 0 Å². The lowest BCUT2D eigenvalue weighted by Gasteiger charge is -2.11. The molecule has 0 heterocycles. The Balaban J connectivity index is 1.75. The van der Waals surface area contributed by atoms with E-state index in [4.69, 9.17) is 5.26 Å². The van der Waals surface area contributed by atoms with Crippen molar-refractivity contribution in [3.8, 4) is 124 Å². The van der Waals surface area contributed by atoms with Crippen LogP contribution in [0.5, 0.6) is 0 Å². The molecule has 164 valence electrons. The highest BCUT2D eigenvalue weighted by Gasteiger charge is 1.92. The van der Waals surface area contributed by atoms with Gasteiger partial charge in [0.05, 0.1) is 11.6 Å². The van der Waals surface area contributed by atoms with Crippen LogP contribution < -0.4 is 4.90 Å². The number of anilines is 1. The molecular weight excluding hydrogens is 448 g/mol. The summed E-state index contributed by atoms with van der Waals surface area (Å²) in [4.78, 5) is 2.02. The van der Waals surface area contributed by atoms with Crippen LogP contribution in [0.1, 0.15) is 16.7 Å². The third-order valence-corrected chi connectivity index (χ3v) is 3.87. The van der Waals surface area contributed by atoms with E-state index in [1.807, 2.05) is 49.3 Å². The molecule has 2 rings (SSSR count). The van der Waals surface area contributed by atoms with Crippen molar-refractivity contribution >= 4 is 5.69 Å². The van der Waals surface area contributed by atoms with Crippen LogP contribution in [-0.4, -0.2) is 14.1 Å². The van der Waals surface area contributed by atoms with Gasteiger partial charge in [-0.1, -0.05) is 11.8 Å². The molecule has 0 fully saturated rings. The molecule has 0 aliphatic rings. The Morgan fingerprint density at radius 1 is 0.405 bits per heavy atom. The van der Waals surface area contributed by atoms with Crippen LogP contribution in [0.3, 0.4) is 0 Å². The summed E-state index contributed by atoms with van der Waals surface area (Å²) in [6.07, 6.45) is 0. The van der Waals surface area contributed by atoms with Crippen molar-refractivity contribution < 1.29 is 0 Å². The summed E-state index contributed by atoms with van der Waals surface area (Å²) < 4.78 is 0. The molecule has 0 unspecified atom stereocenters. The van der Waals surface area contributed by atoms with E-state index < -0.39 is 0 Å². The molecule has 0 bridgehead atoms. The van der Waals surface area contributed by atoms with Gasteiger partial charge in [0.25, 0.3) is 0 Å². The maximum Gasteiger partial charge on any atom is 0.0991 e. The lowest BCUT2D eigenvalue weighted by atomic mass is 10.1. The molecule has 37 heavy (non-hydrogen) atoms. The molecule has 0 aromatic heterocycles. The number of nitriles is 1. The van der Waals surface area contributed by atoms with Crippen LogP contribution in [0.25, 0.3) is 0 Å². The second kappa shape index (κ2) is 16.9. The summed E-state index contributed by atoms with van der Waals surface area (Å²) in [6, 6.07) is 16.8. The molecule has 0 N–H and O–H groups in total. The van der Waals surface area contributed by atoms with Crippen LogP contribution in [0.2, 0.25) is 0 Å². The summed E-state index contributed by atoms with van der Waals surface area (Å²) in [5.41, 5.74) is 3.35. The molecule has 2 aromatic carbocycles. The average Bonchev–Trinajstić information content (AvgIpc) is 2.92. The molecule has 0 spiro atoms. The molecule has 2 heteroatoms. The van der Waals surface area contributed by atoms with Crippen molar-refractivity contribution in [2.75, 3.05) is 19.0 Å². The van der Waals surface area contributed by atoms with Gasteiger partial charge < -0.3 is 4.90 Å². The molecule has 2 nitrogen and oxygen atoms in total. The second-order valence-corrected chi connectivity index (χ2v) is 6.63. The van der Waals surface area contributed by atoms with Crippen LogP contribution in [0.15, 0.2) is 48.5 Å². The summed E-state index contributed by atoms with van der Waals surface area (Å²) in [5, 5.41) is 8.74. The molecule has 0 atom stereocenters. The van der Waals surface area contributed by atoms with E-state index in [0.29, 0.717) is 5.56 Å². The Morgan fingerprint density at radius 3 is 0.973 bits per heavy atom. The fraction of sp³-hybridized carbons (Fsp3) is 0.0571. The lowest BCUT2D eigenvalue weighted by molar-refractivity contribution is 1.13. The minimum absolute atomic E-state index is 0.583. The average molecular weight is 463 g/mol. The molecule has 0 radical (unpaired) electrons. The Hall–Kier alpha value is -6.67. The van der Waals surface area contributed by atoms with E-state index >= 15 is 0 Å². The molecule has 0 aliphatic carbocycles. The maximum atomic E-state index is 8.74. The van der Waals surface area contributed by atoms with Crippen molar-refractivity contribution in [3.63, 3.8) is 0 Å². The predicted molar refractivity (Wildman–Crippen MR) is 148 cm³/mol. The van der Waals surface area contributed by atoms with Gasteiger partial charge in [-0.05, 0) is 143 Å². The van der Waals surface area contributed by atoms with E-state index in [1.165, 1.54) is 0 Å². The first-order valence-corrected chi connectivity index (χ1v) is 10.5. The van der Waals surface area contributed by atoms with Gasteiger partial charge in [0.1, 0.15) is 0 Å². The number of benzene rings is 2. The first kappa shape index (κ1) is 26.6. The highest BCUT2D eigenvalue weighted by Crippen LogP contribution is 2.11. The minimum Gasteiger partial charge on any atom is -0.378 e.